The van der Waals surface area contributed by atoms with Crippen molar-refractivity contribution in [3.63, 3.8) is 0 Å². The number of piperazine rings is 1. The van der Waals surface area contributed by atoms with Crippen LogP contribution >= 0.6 is 0 Å². The number of aromatic nitrogens is 3. The lowest BCUT2D eigenvalue weighted by Gasteiger charge is -2.35. The summed E-state index contributed by atoms with van der Waals surface area (Å²) in [5, 5.41) is 8.66. The van der Waals surface area contributed by atoms with Crippen molar-refractivity contribution < 1.29 is 31.1 Å². The van der Waals surface area contributed by atoms with E-state index in [9.17, 15) is 26.4 Å². The first-order chi connectivity index (χ1) is 18.5. The molecule has 0 radical (unpaired) electrons. The second-order valence-electron chi connectivity index (χ2n) is 8.69. The van der Waals surface area contributed by atoms with E-state index in [1.165, 1.54) is 30.6 Å². The number of hydrogen-bond donors (Lipinski definition) is 3. The number of ether oxygens (including phenoxy) is 1. The minimum absolute atomic E-state index is 0.00931. The average molecular weight is 562 g/mol. The highest BCUT2D eigenvalue weighted by atomic mass is 32.2. The second kappa shape index (κ2) is 10.1. The number of carbonyl (C=O) groups excluding carboxylic acids is 1. The van der Waals surface area contributed by atoms with E-state index < -0.39 is 16.4 Å². The summed E-state index contributed by atoms with van der Waals surface area (Å²) in [5.41, 5.74) is 2.15. The molecule has 0 spiro atoms. The van der Waals surface area contributed by atoms with E-state index >= 15 is 0 Å². The van der Waals surface area contributed by atoms with Gasteiger partial charge < -0.3 is 24.8 Å². The number of alkyl halides is 3. The molecule has 0 atom stereocenters. The van der Waals surface area contributed by atoms with Crippen molar-refractivity contribution in [3.8, 4) is 17.0 Å². The molecular weight excluding hydrogens is 539 g/mol. The third kappa shape index (κ3) is 6.04. The van der Waals surface area contributed by atoms with Crippen molar-refractivity contribution in [1.82, 2.24) is 19.9 Å². The van der Waals surface area contributed by atoms with E-state index in [-0.39, 0.29) is 16.7 Å². The predicted octanol–water partition coefficient (Wildman–Crippen LogP) is 3.53. The van der Waals surface area contributed by atoms with Crippen LogP contribution in [0.15, 0.2) is 65.8 Å². The van der Waals surface area contributed by atoms with E-state index in [0.29, 0.717) is 54.6 Å². The van der Waals surface area contributed by atoms with Crippen LogP contribution in [-0.4, -0.2) is 66.8 Å². The van der Waals surface area contributed by atoms with Gasteiger partial charge in [-0.25, -0.2) is 28.3 Å². The Morgan fingerprint density at radius 1 is 1.03 bits per heavy atom. The largest absolute Gasteiger partial charge is 0.573 e. The van der Waals surface area contributed by atoms with Gasteiger partial charge in [0.1, 0.15) is 23.5 Å². The fourth-order valence-corrected chi connectivity index (χ4v) is 4.80. The molecule has 2 aromatic heterocycles. The molecule has 11 nitrogen and oxygen atoms in total. The van der Waals surface area contributed by atoms with Gasteiger partial charge in [-0.15, -0.1) is 13.2 Å². The van der Waals surface area contributed by atoms with Gasteiger partial charge in [0, 0.05) is 37.6 Å². The van der Waals surface area contributed by atoms with Gasteiger partial charge in [-0.3, -0.25) is 0 Å². The molecule has 1 aliphatic heterocycles. The summed E-state index contributed by atoms with van der Waals surface area (Å²) >= 11 is 0. The van der Waals surface area contributed by atoms with Crippen LogP contribution in [0.25, 0.3) is 22.3 Å². The van der Waals surface area contributed by atoms with Crippen molar-refractivity contribution in [3.05, 3.63) is 60.9 Å². The Hall–Kier alpha value is -4.37. The molecule has 1 fully saturated rings. The van der Waals surface area contributed by atoms with Gasteiger partial charge in [0.25, 0.3) is 0 Å². The molecule has 5 rings (SSSR count). The fourth-order valence-electron chi connectivity index (χ4n) is 4.24. The van der Waals surface area contributed by atoms with Crippen molar-refractivity contribution >= 4 is 38.6 Å². The smallest absolute Gasteiger partial charge is 0.406 e. The zero-order valence-electron chi connectivity index (χ0n) is 20.1. The lowest BCUT2D eigenvalue weighted by Crippen LogP contribution is -2.50. The Kier molecular flexibility index (Phi) is 6.78. The number of nitrogens with zero attached hydrogens (tertiary/aromatic N) is 4. The van der Waals surface area contributed by atoms with Crippen molar-refractivity contribution in [2.75, 3.05) is 36.4 Å². The monoisotopic (exact) mass is 561 g/mol. The number of amides is 2. The maximum atomic E-state index is 12.7. The van der Waals surface area contributed by atoms with Crippen LogP contribution in [-0.2, 0) is 10.0 Å². The van der Waals surface area contributed by atoms with Gasteiger partial charge in [-0.1, -0.05) is 12.1 Å². The number of anilines is 2. The maximum Gasteiger partial charge on any atom is 0.573 e. The quantitative estimate of drug-likeness (QED) is 0.338. The third-order valence-electron chi connectivity index (χ3n) is 6.08. The Morgan fingerprint density at radius 3 is 2.41 bits per heavy atom. The van der Waals surface area contributed by atoms with Gasteiger partial charge in [0.05, 0.1) is 10.3 Å². The fraction of sp³-hybridized carbons (Fsp3) is 0.208. The van der Waals surface area contributed by atoms with Crippen molar-refractivity contribution in [2.24, 2.45) is 5.14 Å². The summed E-state index contributed by atoms with van der Waals surface area (Å²) < 4.78 is 64.3. The van der Waals surface area contributed by atoms with Crippen molar-refractivity contribution in [2.45, 2.75) is 11.3 Å². The van der Waals surface area contributed by atoms with E-state index in [1.54, 1.807) is 17.0 Å². The zero-order valence-corrected chi connectivity index (χ0v) is 21.0. The number of hydrogen-bond acceptors (Lipinski definition) is 7. The van der Waals surface area contributed by atoms with Gasteiger partial charge >= 0.3 is 12.4 Å². The molecule has 0 bridgehead atoms. The highest BCUT2D eigenvalue weighted by molar-refractivity contribution is 7.89. The first-order valence-electron chi connectivity index (χ1n) is 11.6. The summed E-state index contributed by atoms with van der Waals surface area (Å²) in [6, 6.07) is 12.6. The molecule has 0 saturated carbocycles. The molecule has 15 heteroatoms. The number of carbonyl (C=O) groups is 1. The second-order valence-corrected chi connectivity index (χ2v) is 10.3. The number of benzene rings is 2. The zero-order chi connectivity index (χ0) is 27.8. The van der Waals surface area contributed by atoms with E-state index in [1.807, 2.05) is 11.0 Å². The molecule has 0 aliphatic carbocycles. The molecule has 39 heavy (non-hydrogen) atoms. The Morgan fingerprint density at radius 2 is 1.74 bits per heavy atom. The van der Waals surface area contributed by atoms with Crippen LogP contribution in [0.2, 0.25) is 0 Å². The lowest BCUT2D eigenvalue weighted by atomic mass is 10.1. The normalized spacial score (nSPS) is 14.5. The summed E-state index contributed by atoms with van der Waals surface area (Å²) in [5.74, 6) is 0.278. The van der Waals surface area contributed by atoms with Gasteiger partial charge in [-0.2, -0.15) is 0 Å². The number of urea groups is 1. The molecule has 204 valence electrons. The summed E-state index contributed by atoms with van der Waals surface area (Å²) in [6.45, 7) is 1.69. The first-order valence-corrected chi connectivity index (χ1v) is 13.1. The van der Waals surface area contributed by atoms with Crippen molar-refractivity contribution in [1.29, 1.82) is 0 Å². The Labute approximate surface area is 220 Å². The van der Waals surface area contributed by atoms with Crippen LogP contribution in [0.1, 0.15) is 0 Å². The Balaban J connectivity index is 1.26. The molecule has 1 saturated heterocycles. The summed E-state index contributed by atoms with van der Waals surface area (Å²) in [6.07, 6.45) is -3.37. The molecular formula is C24H22F3N7O4S. The van der Waals surface area contributed by atoms with Gasteiger partial charge in [-0.05, 0) is 48.0 Å². The highest BCUT2D eigenvalue weighted by Gasteiger charge is 2.31. The number of primary sulfonamides is 1. The standard InChI is InChI=1S/C24H22F3N7O4S/c25-24(26,27)38-17-6-4-16(5-7-17)31-23(35)34-10-8-33(9-11-34)22-19-13-20(32-21(19)29-14-30-22)15-2-1-3-18(12-15)39(28,36)37/h1-7,12-14H,8-11H2,(H,31,35)(H2,28,36,37)(H,29,30,32). The Bertz CT molecular complexity index is 1620. The molecule has 2 amide bonds. The average Bonchev–Trinajstić information content (AvgIpc) is 3.33. The van der Waals surface area contributed by atoms with E-state index in [2.05, 4.69) is 25.0 Å². The topological polar surface area (TPSA) is 147 Å². The lowest BCUT2D eigenvalue weighted by molar-refractivity contribution is -0.274. The number of nitrogens with one attached hydrogen (secondary N) is 2. The van der Waals surface area contributed by atoms with E-state index in [4.69, 9.17) is 5.14 Å². The van der Waals surface area contributed by atoms with Crippen LogP contribution in [0, 0.1) is 0 Å². The number of sulfonamides is 1. The molecule has 0 unspecified atom stereocenters. The summed E-state index contributed by atoms with van der Waals surface area (Å²) in [7, 11) is -3.86. The minimum Gasteiger partial charge on any atom is -0.406 e. The van der Waals surface area contributed by atoms with Crippen LogP contribution in [0.4, 0.5) is 29.5 Å². The van der Waals surface area contributed by atoms with Gasteiger partial charge in [0.2, 0.25) is 10.0 Å². The van der Waals surface area contributed by atoms with Crippen LogP contribution < -0.4 is 20.1 Å². The number of rotatable bonds is 5. The maximum absolute atomic E-state index is 12.7. The molecule has 4 N–H and O–H groups in total. The SMILES string of the molecule is NS(=O)(=O)c1cccc(-c2cc3c(N4CCN(C(=O)Nc5ccc(OC(F)(F)F)cc5)CC4)ncnc3[nH]2)c1. The number of H-pyrrole nitrogens is 1. The molecule has 4 aromatic rings. The summed E-state index contributed by atoms with van der Waals surface area (Å²) in [4.78, 5) is 28.2. The number of fused-ring (bicyclic) bond motifs is 1. The van der Waals surface area contributed by atoms with Gasteiger partial charge in [0.15, 0.2) is 0 Å². The number of nitrogens with two attached hydrogens (primary N) is 1. The first kappa shape index (κ1) is 26.2. The van der Waals surface area contributed by atoms with Crippen LogP contribution in [0.5, 0.6) is 5.75 Å². The number of halogens is 3. The predicted molar refractivity (Wildman–Crippen MR) is 137 cm³/mol. The third-order valence-corrected chi connectivity index (χ3v) is 6.99. The van der Waals surface area contributed by atoms with Crippen LogP contribution in [0.3, 0.4) is 0 Å². The minimum atomic E-state index is -4.79. The highest BCUT2D eigenvalue weighted by Crippen LogP contribution is 2.30. The molecule has 2 aromatic carbocycles. The van der Waals surface area contributed by atoms with E-state index in [0.717, 1.165) is 17.5 Å². The number of aromatic amines is 1. The molecule has 3 heterocycles. The molecule has 1 aliphatic rings.